The number of aromatic hydroxyl groups is 3. The molecule has 0 radical (unpaired) electrons. The lowest BCUT2D eigenvalue weighted by Crippen LogP contribution is -2.40. The molecule has 480 valence electrons. The molecule has 11 rings (SSSR count). The first kappa shape index (κ1) is 64.9. The minimum Gasteiger partial charge on any atom is -0.508 e. The van der Waals surface area contributed by atoms with Gasteiger partial charge in [0.1, 0.15) is 17.3 Å². The summed E-state index contributed by atoms with van der Waals surface area (Å²) in [5.41, 5.74) is 8.89. The zero-order chi connectivity index (χ0) is 63.9. The average molecular weight is 1230 g/mol. The number of carbonyl (C=O) groups excluding carboxylic acids is 2. The first-order chi connectivity index (χ1) is 44.0. The number of H-pyrrole nitrogens is 1. The molecule has 0 spiro atoms. The van der Waals surface area contributed by atoms with Crippen molar-refractivity contribution in [2.45, 2.75) is 140 Å². The Morgan fingerprint density at radius 2 is 1.59 bits per heavy atom. The fraction of sp³-hybridized carbons (Fsp3) is 0.455. The van der Waals surface area contributed by atoms with Crippen LogP contribution >= 0.6 is 0 Å². The van der Waals surface area contributed by atoms with E-state index in [4.69, 9.17) is 4.74 Å². The molecule has 91 heavy (non-hydrogen) atoms. The topological polar surface area (TPSA) is 237 Å². The van der Waals surface area contributed by atoms with Gasteiger partial charge in [-0.3, -0.25) is 9.59 Å². The molecule has 14 heteroatoms. The van der Waals surface area contributed by atoms with Gasteiger partial charge in [-0.1, -0.05) is 112 Å². The standard InChI is InChI=1S/C77H92N4O10/c1-5-10-64-56-33-55(62(15-9-28-82)53-26-27-79-74(38-53)81-58-23-20-48-16-19-54(75(88)69(48)39-58)35-61(84)44-78-42-46(3)57-34-59(80-43-57)40-71(64)86)32-51-21-24-66(67-41-72(87)73(91-4)37-52(67)22-25-70(85)77(90)76(89)68(51)36-56)65-14-7-6-13-63(65)50-18-17-49(45(2)29-50)30-47-11-8-12-60(83)31-47/h6-8,11-14,16-20,23,26,31,34,37-39,41,43,45-46,49-51,55-56,61-62,64,66,68,71,77-84,86-88,90H,5,9-10,15,22,25,27-30,32-33,35-36,40,42,44H2,1-4H3. The number of rotatable bonds is 10. The highest BCUT2D eigenvalue weighted by Gasteiger charge is 2.45. The van der Waals surface area contributed by atoms with Gasteiger partial charge in [0.2, 0.25) is 0 Å². The van der Waals surface area contributed by atoms with Crippen LogP contribution in [-0.4, -0.2) is 104 Å². The number of allylic oxidation sites excluding steroid dienone is 4. The van der Waals surface area contributed by atoms with E-state index in [1.54, 1.807) is 18.2 Å². The number of hydrogen-bond acceptors (Lipinski definition) is 13. The van der Waals surface area contributed by atoms with E-state index < -0.39 is 47.6 Å². The molecule has 11 N–H and O–H groups in total. The van der Waals surface area contributed by atoms with Gasteiger partial charge in [-0.2, -0.15) is 0 Å². The van der Waals surface area contributed by atoms with E-state index in [-0.39, 0.29) is 103 Å². The van der Waals surface area contributed by atoms with Gasteiger partial charge in [-0.05, 0) is 198 Å². The number of dihydropyridines is 1. The number of carbonyl (C=O) groups is 2. The molecular weight excluding hydrogens is 1140 g/mol. The lowest BCUT2D eigenvalue weighted by molar-refractivity contribution is -0.142. The quantitative estimate of drug-likeness (QED) is 0.0348. The van der Waals surface area contributed by atoms with E-state index >= 15 is 4.79 Å². The Balaban J connectivity index is 1.05. The van der Waals surface area contributed by atoms with Crippen LogP contribution in [0.4, 0.5) is 5.69 Å². The number of ketones is 2. The maximum atomic E-state index is 15.6. The number of aliphatic hydroxyl groups excluding tert-OH is 4. The first-order valence-corrected chi connectivity index (χ1v) is 33.3. The third kappa shape index (κ3) is 15.0. The van der Waals surface area contributed by atoms with Crippen LogP contribution in [-0.2, 0) is 35.3 Å². The molecule has 0 saturated heterocycles. The van der Waals surface area contributed by atoms with Crippen LogP contribution in [0.1, 0.15) is 141 Å². The lowest BCUT2D eigenvalue weighted by atomic mass is 9.71. The molecular formula is C77H92N4O10. The number of ether oxygens (including phenoxy) is 1. The normalized spacial score (nSPS) is 28.4. The van der Waals surface area contributed by atoms with Gasteiger partial charge < -0.3 is 61.4 Å². The van der Waals surface area contributed by atoms with Crippen molar-refractivity contribution < 1.29 is 50.1 Å². The van der Waals surface area contributed by atoms with E-state index in [1.807, 2.05) is 54.7 Å². The van der Waals surface area contributed by atoms with Crippen LogP contribution in [0.15, 0.2) is 139 Å². The van der Waals surface area contributed by atoms with E-state index in [0.29, 0.717) is 80.2 Å². The van der Waals surface area contributed by atoms with E-state index in [2.05, 4.69) is 108 Å². The smallest absolute Gasteiger partial charge is 0.173 e. The predicted molar refractivity (Wildman–Crippen MR) is 357 cm³/mol. The highest BCUT2D eigenvalue weighted by atomic mass is 16.5. The van der Waals surface area contributed by atoms with Crippen molar-refractivity contribution in [1.29, 1.82) is 0 Å². The molecule has 2 aliphatic heterocycles. The number of phenolic OH excluding ortho intramolecular Hbond substituents is 3. The van der Waals surface area contributed by atoms with Gasteiger partial charge in [0.15, 0.2) is 29.2 Å². The van der Waals surface area contributed by atoms with Crippen molar-refractivity contribution in [3.8, 4) is 34.8 Å². The number of phenols is 3. The summed E-state index contributed by atoms with van der Waals surface area (Å²) in [4.78, 5) is 33.7. The number of benzene rings is 5. The SMILES string of the molecule is CCCC1C(O)Cc2cc(c[nH]2)C(C)CNCC(O)Cc2ccc3ccc(cc3c2O)NC2=CC(=CCN2)C(CCCO)C2CC3C#CC(c4ccccc4C4C=CC(Cc5cccc(O)c5)C(C)C4)c4cc(O)c(OC)cc4CCC(=O)C(O)C(=O)C3CC1C2. The summed E-state index contributed by atoms with van der Waals surface area (Å²) < 4.78 is 5.69. The largest absolute Gasteiger partial charge is 0.508 e. The third-order valence-electron chi connectivity index (χ3n) is 20.7. The Morgan fingerprint density at radius 3 is 2.38 bits per heavy atom. The fourth-order valence-corrected chi connectivity index (χ4v) is 15.8. The number of anilines is 1. The number of Topliss-reactive ketones (excluding diaryl/α,β-unsaturated/α-hetero) is 2. The number of aliphatic hydroxyl groups is 4. The fourth-order valence-electron chi connectivity index (χ4n) is 15.8. The second kappa shape index (κ2) is 29.3. The van der Waals surface area contributed by atoms with Crippen LogP contribution in [0.25, 0.3) is 10.8 Å². The molecule has 14 nitrogen and oxygen atoms in total. The maximum absolute atomic E-state index is 15.6. The van der Waals surface area contributed by atoms with Crippen molar-refractivity contribution in [3.63, 3.8) is 0 Å². The summed E-state index contributed by atoms with van der Waals surface area (Å²) in [5, 5.41) is 92.9. The van der Waals surface area contributed by atoms with Crippen molar-refractivity contribution in [1.82, 2.24) is 15.6 Å². The van der Waals surface area contributed by atoms with Crippen LogP contribution in [0.2, 0.25) is 0 Å². The zero-order valence-corrected chi connectivity index (χ0v) is 53.1. The van der Waals surface area contributed by atoms with Gasteiger partial charge >= 0.3 is 0 Å². The van der Waals surface area contributed by atoms with Crippen molar-refractivity contribution in [3.05, 3.63) is 184 Å². The number of aromatic amines is 1. The summed E-state index contributed by atoms with van der Waals surface area (Å²) in [6.07, 6.45) is 13.5. The van der Waals surface area contributed by atoms with Gasteiger partial charge in [-0.15, -0.1) is 0 Å². The second-order valence-electron chi connectivity index (χ2n) is 26.9. The molecule has 5 aromatic carbocycles. The first-order valence-electron chi connectivity index (χ1n) is 33.3. The minimum atomic E-state index is -1.92. The van der Waals surface area contributed by atoms with Crippen LogP contribution < -0.4 is 20.7 Å². The molecule has 3 aliphatic carbocycles. The van der Waals surface area contributed by atoms with Crippen LogP contribution in [0, 0.1) is 59.2 Å². The third-order valence-corrected chi connectivity index (χ3v) is 20.7. The van der Waals surface area contributed by atoms with Crippen LogP contribution in [0.3, 0.4) is 0 Å². The summed E-state index contributed by atoms with van der Waals surface area (Å²) in [6.45, 7) is 7.88. The van der Waals surface area contributed by atoms with Gasteiger partial charge in [0.25, 0.3) is 0 Å². The van der Waals surface area contributed by atoms with Crippen molar-refractivity contribution in [2.24, 2.45) is 47.3 Å². The molecule has 1 saturated carbocycles. The van der Waals surface area contributed by atoms with E-state index in [9.17, 15) is 40.5 Å². The van der Waals surface area contributed by atoms with E-state index in [1.165, 1.54) is 7.11 Å². The number of aromatic nitrogens is 1. The number of nitrogens with one attached hydrogen (secondary N) is 4. The monoisotopic (exact) mass is 1230 g/mol. The number of aryl methyl sites for hydroxylation is 1. The predicted octanol–water partition coefficient (Wildman–Crippen LogP) is 11.6. The Morgan fingerprint density at radius 1 is 0.769 bits per heavy atom. The molecule has 9 bridgehead atoms. The van der Waals surface area contributed by atoms with Crippen molar-refractivity contribution >= 4 is 28.0 Å². The summed E-state index contributed by atoms with van der Waals surface area (Å²) in [6, 6.07) is 31.1. The number of β-amino-alcohol motifs (C(OH)–C–C–N with tert-alkyl or cyclic N) is 1. The average Bonchev–Trinajstić information content (AvgIpc) is 1.52. The van der Waals surface area contributed by atoms with Crippen LogP contribution in [0.5, 0.6) is 23.0 Å². The highest BCUT2D eigenvalue weighted by Crippen LogP contribution is 2.49. The molecule has 14 atom stereocenters. The number of methoxy groups -OCH3 is 1. The van der Waals surface area contributed by atoms with Gasteiger partial charge in [0, 0.05) is 86.2 Å². The molecule has 5 aliphatic rings. The molecule has 3 heterocycles. The molecule has 14 unspecified atom stereocenters. The maximum Gasteiger partial charge on any atom is 0.173 e. The molecule has 0 amide bonds. The summed E-state index contributed by atoms with van der Waals surface area (Å²) in [5.74, 6) is 5.26. The molecule has 6 aromatic rings. The van der Waals surface area contributed by atoms with E-state index in [0.717, 1.165) is 69.7 Å². The van der Waals surface area contributed by atoms with Gasteiger partial charge in [0.05, 0.1) is 25.2 Å². The lowest BCUT2D eigenvalue weighted by Gasteiger charge is -2.36. The molecule has 1 aromatic heterocycles. The zero-order valence-electron chi connectivity index (χ0n) is 53.1. The van der Waals surface area contributed by atoms with Crippen molar-refractivity contribution in [2.75, 3.05) is 38.7 Å². The molecule has 1 fully saturated rings. The highest BCUT2D eigenvalue weighted by molar-refractivity contribution is 6.06. The Kier molecular flexibility index (Phi) is 20.9. The minimum absolute atomic E-state index is 0.00765. The summed E-state index contributed by atoms with van der Waals surface area (Å²) >= 11 is 0. The second-order valence-corrected chi connectivity index (χ2v) is 26.9. The van der Waals surface area contributed by atoms with Gasteiger partial charge in [-0.25, -0.2) is 0 Å². The number of hydrogen-bond donors (Lipinski definition) is 11. The Labute approximate surface area is 536 Å². The summed E-state index contributed by atoms with van der Waals surface area (Å²) in [7, 11) is 1.49. The Bertz CT molecular complexity index is 3720. The number of fused-ring (bicyclic) bond motifs is 9. The Hall–Kier alpha value is -7.64.